The third kappa shape index (κ3) is 3.69. The van der Waals surface area contributed by atoms with Crippen LogP contribution in [-0.4, -0.2) is 16.4 Å². The summed E-state index contributed by atoms with van der Waals surface area (Å²) in [6, 6.07) is 5.73. The monoisotopic (exact) mass is 313 g/mol. The number of rotatable bonds is 4. The lowest BCUT2D eigenvalue weighted by molar-refractivity contribution is -0.120. The fraction of sp³-hybridized carbons (Fsp3) is 0.429. The summed E-state index contributed by atoms with van der Waals surface area (Å²) >= 11 is 1.62. The Labute approximate surface area is 129 Å². The van der Waals surface area contributed by atoms with Crippen molar-refractivity contribution in [2.75, 3.05) is 5.32 Å². The van der Waals surface area contributed by atoms with Crippen molar-refractivity contribution in [3.8, 4) is 0 Å². The molecule has 2 aromatic rings. The number of aromatic nitrogens is 1. The molecule has 1 aromatic carbocycles. The summed E-state index contributed by atoms with van der Waals surface area (Å²) in [5.41, 5.74) is 6.92. The molecule has 110 valence electrons. The van der Waals surface area contributed by atoms with Crippen molar-refractivity contribution in [1.29, 1.82) is 0 Å². The van der Waals surface area contributed by atoms with Gasteiger partial charge < -0.3 is 11.1 Å². The van der Waals surface area contributed by atoms with Gasteiger partial charge in [0.05, 0.1) is 20.8 Å². The molecule has 4 nitrogen and oxygen atoms in total. The minimum atomic E-state index is -0.826. The molecule has 0 aliphatic rings. The summed E-state index contributed by atoms with van der Waals surface area (Å²) in [7, 11) is 0. The summed E-state index contributed by atoms with van der Waals surface area (Å²) in [6.45, 7) is 5.76. The molecule has 20 heavy (non-hydrogen) atoms. The van der Waals surface area contributed by atoms with E-state index in [0.717, 1.165) is 27.3 Å². The Bertz CT molecular complexity index is 609. The molecule has 0 fully saturated rings. The molecule has 6 heteroatoms. The lowest BCUT2D eigenvalue weighted by Crippen LogP contribution is -2.48. The zero-order valence-corrected chi connectivity index (χ0v) is 13.5. The van der Waals surface area contributed by atoms with Crippen LogP contribution in [0.4, 0.5) is 5.69 Å². The van der Waals surface area contributed by atoms with Gasteiger partial charge in [-0.2, -0.15) is 0 Å². The number of aryl methyl sites for hydroxylation is 1. The van der Waals surface area contributed by atoms with Crippen LogP contribution in [0.3, 0.4) is 0 Å². The zero-order chi connectivity index (χ0) is 14.0. The van der Waals surface area contributed by atoms with Gasteiger partial charge >= 0.3 is 0 Å². The van der Waals surface area contributed by atoms with E-state index in [9.17, 15) is 4.79 Å². The lowest BCUT2D eigenvalue weighted by Gasteiger charge is -2.22. The van der Waals surface area contributed by atoms with Gasteiger partial charge in [0.2, 0.25) is 5.91 Å². The van der Waals surface area contributed by atoms with E-state index in [1.165, 1.54) is 0 Å². The Morgan fingerprint density at radius 1 is 1.50 bits per heavy atom. The van der Waals surface area contributed by atoms with Crippen LogP contribution in [0.1, 0.15) is 31.7 Å². The maximum Gasteiger partial charge on any atom is 0.244 e. The summed E-state index contributed by atoms with van der Waals surface area (Å²) in [5, 5.41) is 3.90. The number of nitrogens with two attached hydrogens (primary N) is 1. The number of thiazole rings is 1. The number of carbonyl (C=O) groups excluding carboxylic acids is 1. The van der Waals surface area contributed by atoms with Crippen LogP contribution in [0.5, 0.6) is 0 Å². The first-order valence-corrected chi connectivity index (χ1v) is 7.21. The number of anilines is 1. The van der Waals surface area contributed by atoms with Gasteiger partial charge in [0.25, 0.3) is 0 Å². The fourth-order valence-electron chi connectivity index (χ4n) is 2.02. The number of nitrogens with one attached hydrogen (secondary N) is 1. The van der Waals surface area contributed by atoms with Crippen LogP contribution in [0.15, 0.2) is 18.2 Å². The average molecular weight is 314 g/mol. The first-order chi connectivity index (χ1) is 8.92. The number of nitrogens with zero attached hydrogens (tertiary/aromatic N) is 1. The minimum Gasteiger partial charge on any atom is -0.324 e. The number of halogens is 1. The highest BCUT2D eigenvalue weighted by atomic mass is 35.5. The average Bonchev–Trinajstić information content (AvgIpc) is 2.68. The van der Waals surface area contributed by atoms with Gasteiger partial charge in [0.1, 0.15) is 0 Å². The predicted octanol–water partition coefficient (Wildman–Crippen LogP) is 3.48. The molecule has 1 atom stereocenters. The molecule has 0 radical (unpaired) electrons. The summed E-state index contributed by atoms with van der Waals surface area (Å²) in [6.07, 6.45) is 1.55. The maximum absolute atomic E-state index is 12.1. The van der Waals surface area contributed by atoms with E-state index in [1.54, 1.807) is 18.3 Å². The first kappa shape index (κ1) is 16.9. The van der Waals surface area contributed by atoms with Crippen LogP contribution >= 0.6 is 23.7 Å². The van der Waals surface area contributed by atoms with E-state index < -0.39 is 5.54 Å². The predicted molar refractivity (Wildman–Crippen MR) is 87.7 cm³/mol. The van der Waals surface area contributed by atoms with Crippen molar-refractivity contribution < 1.29 is 4.79 Å². The molecule has 1 heterocycles. The maximum atomic E-state index is 12.1. The third-order valence-electron chi connectivity index (χ3n) is 3.04. The van der Waals surface area contributed by atoms with Crippen molar-refractivity contribution in [2.24, 2.45) is 5.73 Å². The number of hydrogen-bond acceptors (Lipinski definition) is 4. The quantitative estimate of drug-likeness (QED) is 0.908. The third-order valence-corrected chi connectivity index (χ3v) is 3.97. The van der Waals surface area contributed by atoms with Crippen LogP contribution in [-0.2, 0) is 4.79 Å². The Kier molecular flexibility index (Phi) is 5.50. The van der Waals surface area contributed by atoms with Crippen molar-refractivity contribution in [2.45, 2.75) is 39.2 Å². The van der Waals surface area contributed by atoms with Gasteiger partial charge in [0.15, 0.2) is 0 Å². The largest absolute Gasteiger partial charge is 0.324 e. The molecule has 0 aliphatic carbocycles. The van der Waals surface area contributed by atoms with Crippen molar-refractivity contribution >= 4 is 45.6 Å². The summed E-state index contributed by atoms with van der Waals surface area (Å²) in [5.74, 6) is -0.144. The van der Waals surface area contributed by atoms with Gasteiger partial charge in [0, 0.05) is 5.69 Å². The Balaban J connectivity index is 0.00000200. The number of hydrogen-bond donors (Lipinski definition) is 2. The van der Waals surface area contributed by atoms with Crippen LogP contribution < -0.4 is 11.1 Å². The zero-order valence-electron chi connectivity index (χ0n) is 11.9. The van der Waals surface area contributed by atoms with Crippen molar-refractivity contribution in [1.82, 2.24) is 4.98 Å². The first-order valence-electron chi connectivity index (χ1n) is 6.40. The molecular weight excluding hydrogens is 294 g/mol. The number of carbonyl (C=O) groups is 1. The normalized spacial score (nSPS) is 13.6. The number of amides is 1. The Morgan fingerprint density at radius 2 is 2.20 bits per heavy atom. The standard InChI is InChI=1S/C14H19N3OS.ClH/c1-4-7-14(3,15)13(18)17-10-5-6-11-12(8-10)19-9(2)16-11;/h5-6,8H,4,7,15H2,1-3H3,(H,17,18);1H. The van der Waals surface area contributed by atoms with E-state index in [0.29, 0.717) is 6.42 Å². The second-order valence-electron chi connectivity index (χ2n) is 5.04. The molecule has 0 saturated carbocycles. The van der Waals surface area contributed by atoms with Crippen LogP contribution in [0.2, 0.25) is 0 Å². The van der Waals surface area contributed by atoms with Gasteiger partial charge in [-0.3, -0.25) is 4.79 Å². The van der Waals surface area contributed by atoms with Gasteiger partial charge in [-0.05, 0) is 38.5 Å². The number of fused-ring (bicyclic) bond motifs is 1. The molecule has 3 N–H and O–H groups in total. The lowest BCUT2D eigenvalue weighted by atomic mass is 9.96. The molecule has 2 rings (SSSR count). The second-order valence-corrected chi connectivity index (χ2v) is 6.27. The topological polar surface area (TPSA) is 68.0 Å². The Hall–Kier alpha value is -1.17. The van der Waals surface area contributed by atoms with E-state index in [4.69, 9.17) is 5.73 Å². The molecule has 0 spiro atoms. The van der Waals surface area contributed by atoms with E-state index in [2.05, 4.69) is 10.3 Å². The fourth-order valence-corrected chi connectivity index (χ4v) is 2.89. The smallest absolute Gasteiger partial charge is 0.244 e. The molecule has 1 amide bonds. The number of benzene rings is 1. The minimum absolute atomic E-state index is 0. The van der Waals surface area contributed by atoms with Gasteiger partial charge in [-0.25, -0.2) is 4.98 Å². The van der Waals surface area contributed by atoms with Crippen molar-refractivity contribution in [3.63, 3.8) is 0 Å². The van der Waals surface area contributed by atoms with Crippen molar-refractivity contribution in [3.05, 3.63) is 23.2 Å². The van der Waals surface area contributed by atoms with Crippen LogP contribution in [0, 0.1) is 6.92 Å². The molecular formula is C14H20ClN3OS. The molecule has 0 aliphatic heterocycles. The molecule has 0 saturated heterocycles. The summed E-state index contributed by atoms with van der Waals surface area (Å²) < 4.78 is 1.07. The highest BCUT2D eigenvalue weighted by molar-refractivity contribution is 7.18. The van der Waals surface area contributed by atoms with Crippen LogP contribution in [0.25, 0.3) is 10.2 Å². The van der Waals surface area contributed by atoms with E-state index in [1.807, 2.05) is 32.0 Å². The summed E-state index contributed by atoms with van der Waals surface area (Å²) in [4.78, 5) is 16.5. The molecule has 1 unspecified atom stereocenters. The second kappa shape index (κ2) is 6.52. The SMILES string of the molecule is CCCC(C)(N)C(=O)Nc1ccc2nc(C)sc2c1.Cl. The molecule has 0 bridgehead atoms. The molecule has 1 aromatic heterocycles. The van der Waals surface area contributed by atoms with Gasteiger partial charge in [-0.15, -0.1) is 23.7 Å². The highest BCUT2D eigenvalue weighted by Crippen LogP contribution is 2.25. The highest BCUT2D eigenvalue weighted by Gasteiger charge is 2.27. The van der Waals surface area contributed by atoms with E-state index in [-0.39, 0.29) is 18.3 Å². The van der Waals surface area contributed by atoms with E-state index >= 15 is 0 Å². The van der Waals surface area contributed by atoms with Gasteiger partial charge in [-0.1, -0.05) is 13.3 Å². The Morgan fingerprint density at radius 3 is 2.85 bits per heavy atom.